The summed E-state index contributed by atoms with van der Waals surface area (Å²) in [5.41, 5.74) is 4.72. The van der Waals surface area contributed by atoms with Gasteiger partial charge in [0.2, 0.25) is 0 Å². The summed E-state index contributed by atoms with van der Waals surface area (Å²) in [5.74, 6) is 0.431. The fourth-order valence-corrected chi connectivity index (χ4v) is 2.36. The molecule has 0 unspecified atom stereocenters. The Morgan fingerprint density at radius 1 is 1.05 bits per heavy atom. The molecule has 104 valence electrons. The van der Waals surface area contributed by atoms with Crippen LogP contribution in [0.5, 0.6) is 5.75 Å². The number of phenolic OH excluding ortho intramolecular Hbond substituents is 1. The maximum Gasteiger partial charge on any atom is 0.119 e. The van der Waals surface area contributed by atoms with Crippen molar-refractivity contribution in [3.8, 4) is 5.75 Å². The number of rotatable bonds is 5. The highest BCUT2D eigenvalue weighted by Crippen LogP contribution is 2.24. The first-order valence-electron chi connectivity index (χ1n) is 7.23. The normalized spacial score (nSPS) is 11.1. The maximum absolute atomic E-state index is 9.93. The SMILES string of the molecule is CCCc1cc(CC=Cc2ccccc2)c(C)cc1O. The lowest BCUT2D eigenvalue weighted by atomic mass is 9.98. The van der Waals surface area contributed by atoms with Crippen LogP contribution in [-0.2, 0) is 12.8 Å². The molecule has 0 spiro atoms. The predicted molar refractivity (Wildman–Crippen MR) is 86.0 cm³/mol. The van der Waals surface area contributed by atoms with E-state index in [0.29, 0.717) is 5.75 Å². The van der Waals surface area contributed by atoms with Crippen molar-refractivity contribution in [3.05, 3.63) is 70.8 Å². The van der Waals surface area contributed by atoms with Gasteiger partial charge in [-0.25, -0.2) is 0 Å². The molecule has 0 saturated heterocycles. The maximum atomic E-state index is 9.93. The summed E-state index contributed by atoms with van der Waals surface area (Å²) in [6.45, 7) is 4.19. The number of aromatic hydroxyl groups is 1. The van der Waals surface area contributed by atoms with Crippen molar-refractivity contribution in [1.82, 2.24) is 0 Å². The first-order chi connectivity index (χ1) is 9.70. The first-order valence-corrected chi connectivity index (χ1v) is 7.23. The van der Waals surface area contributed by atoms with Crippen LogP contribution in [0.1, 0.15) is 35.6 Å². The molecule has 20 heavy (non-hydrogen) atoms. The van der Waals surface area contributed by atoms with Crippen LogP contribution in [0.25, 0.3) is 6.08 Å². The van der Waals surface area contributed by atoms with Crippen LogP contribution < -0.4 is 0 Å². The van der Waals surface area contributed by atoms with Crippen LogP contribution in [0.3, 0.4) is 0 Å². The van der Waals surface area contributed by atoms with Crippen LogP contribution in [-0.4, -0.2) is 5.11 Å². The van der Waals surface area contributed by atoms with Gasteiger partial charge in [0.1, 0.15) is 5.75 Å². The molecule has 0 bridgehead atoms. The lowest BCUT2D eigenvalue weighted by Gasteiger charge is -2.09. The summed E-state index contributed by atoms with van der Waals surface area (Å²) in [7, 11) is 0. The average molecular weight is 266 g/mol. The van der Waals surface area contributed by atoms with E-state index in [1.165, 1.54) is 11.1 Å². The van der Waals surface area contributed by atoms with E-state index >= 15 is 0 Å². The fraction of sp³-hybridized carbons (Fsp3) is 0.263. The van der Waals surface area contributed by atoms with Crippen LogP contribution in [0.2, 0.25) is 0 Å². The minimum atomic E-state index is 0.431. The summed E-state index contributed by atoms with van der Waals surface area (Å²) in [6, 6.07) is 14.3. The molecule has 2 rings (SSSR count). The molecular weight excluding hydrogens is 244 g/mol. The van der Waals surface area contributed by atoms with Gasteiger partial charge in [-0.15, -0.1) is 0 Å². The highest BCUT2D eigenvalue weighted by Gasteiger charge is 2.05. The van der Waals surface area contributed by atoms with Crippen molar-refractivity contribution < 1.29 is 5.11 Å². The first kappa shape index (κ1) is 14.4. The van der Waals surface area contributed by atoms with Crippen molar-refractivity contribution in [3.63, 3.8) is 0 Å². The van der Waals surface area contributed by atoms with Gasteiger partial charge in [-0.3, -0.25) is 0 Å². The second-order valence-corrected chi connectivity index (χ2v) is 5.17. The predicted octanol–water partition coefficient (Wildman–Crippen LogP) is 4.91. The molecule has 0 aliphatic carbocycles. The monoisotopic (exact) mass is 266 g/mol. The Kier molecular flexibility index (Phi) is 5.00. The van der Waals surface area contributed by atoms with Crippen LogP contribution in [0.15, 0.2) is 48.5 Å². The van der Waals surface area contributed by atoms with Gasteiger partial charge in [-0.1, -0.05) is 61.9 Å². The molecule has 2 aromatic rings. The van der Waals surface area contributed by atoms with Crippen molar-refractivity contribution in [2.45, 2.75) is 33.1 Å². The highest BCUT2D eigenvalue weighted by atomic mass is 16.3. The molecule has 1 N–H and O–H groups in total. The van der Waals surface area contributed by atoms with Gasteiger partial charge in [-0.05, 0) is 48.1 Å². The number of phenols is 1. The fourth-order valence-electron chi connectivity index (χ4n) is 2.36. The van der Waals surface area contributed by atoms with Gasteiger partial charge in [0.25, 0.3) is 0 Å². The molecule has 0 heterocycles. The number of benzene rings is 2. The molecule has 0 aromatic heterocycles. The second-order valence-electron chi connectivity index (χ2n) is 5.17. The Hall–Kier alpha value is -2.02. The Bertz CT molecular complexity index is 582. The molecule has 2 aromatic carbocycles. The van der Waals surface area contributed by atoms with Gasteiger partial charge in [0.15, 0.2) is 0 Å². The van der Waals surface area contributed by atoms with Crippen LogP contribution in [0, 0.1) is 6.92 Å². The van der Waals surface area contributed by atoms with Crippen molar-refractivity contribution in [1.29, 1.82) is 0 Å². The number of hydrogen-bond donors (Lipinski definition) is 1. The molecule has 0 atom stereocenters. The van der Waals surface area contributed by atoms with E-state index < -0.39 is 0 Å². The molecule has 0 fully saturated rings. The van der Waals surface area contributed by atoms with E-state index in [4.69, 9.17) is 0 Å². The summed E-state index contributed by atoms with van der Waals surface area (Å²) in [5, 5.41) is 9.93. The largest absolute Gasteiger partial charge is 0.508 e. The van der Waals surface area contributed by atoms with E-state index in [-0.39, 0.29) is 0 Å². The molecular formula is C19H22O. The summed E-state index contributed by atoms with van der Waals surface area (Å²) in [4.78, 5) is 0. The molecule has 0 radical (unpaired) electrons. The van der Waals surface area contributed by atoms with Crippen LogP contribution in [0.4, 0.5) is 0 Å². The van der Waals surface area contributed by atoms with Crippen LogP contribution >= 0.6 is 0 Å². The number of allylic oxidation sites excluding steroid dienone is 1. The zero-order valence-electron chi connectivity index (χ0n) is 12.3. The standard InChI is InChI=1S/C19H22O/c1-3-8-18-14-17(15(2)13-19(18)20)12-7-11-16-9-5-4-6-10-16/h4-7,9-11,13-14,20H,3,8,12H2,1-2H3. The molecule has 1 nitrogen and oxygen atoms in total. The zero-order valence-corrected chi connectivity index (χ0v) is 12.3. The third-order valence-electron chi connectivity index (χ3n) is 3.50. The third kappa shape index (κ3) is 3.74. The zero-order chi connectivity index (χ0) is 14.4. The molecule has 0 aliphatic heterocycles. The summed E-state index contributed by atoms with van der Waals surface area (Å²) < 4.78 is 0. The van der Waals surface area contributed by atoms with E-state index in [1.807, 2.05) is 24.3 Å². The number of aryl methyl sites for hydroxylation is 2. The van der Waals surface area contributed by atoms with Crippen molar-refractivity contribution in [2.24, 2.45) is 0 Å². The summed E-state index contributed by atoms with van der Waals surface area (Å²) in [6.07, 6.45) is 7.21. The molecule has 0 aliphatic rings. The van der Waals surface area contributed by atoms with E-state index in [1.54, 1.807) is 0 Å². The second kappa shape index (κ2) is 6.95. The average Bonchev–Trinajstić information content (AvgIpc) is 2.45. The third-order valence-corrected chi connectivity index (χ3v) is 3.50. The lowest BCUT2D eigenvalue weighted by molar-refractivity contribution is 0.467. The quantitative estimate of drug-likeness (QED) is 0.815. The van der Waals surface area contributed by atoms with Crippen molar-refractivity contribution in [2.75, 3.05) is 0 Å². The highest BCUT2D eigenvalue weighted by molar-refractivity contribution is 5.50. The molecule has 0 saturated carbocycles. The Balaban J connectivity index is 2.13. The lowest BCUT2D eigenvalue weighted by Crippen LogP contribution is -1.92. The minimum Gasteiger partial charge on any atom is -0.508 e. The van der Waals surface area contributed by atoms with E-state index in [9.17, 15) is 5.11 Å². The van der Waals surface area contributed by atoms with Gasteiger partial charge in [0.05, 0.1) is 0 Å². The Morgan fingerprint density at radius 3 is 2.50 bits per heavy atom. The van der Waals surface area contributed by atoms with E-state index in [2.05, 4.69) is 44.2 Å². The van der Waals surface area contributed by atoms with Gasteiger partial charge in [-0.2, -0.15) is 0 Å². The Labute approximate surface area is 121 Å². The van der Waals surface area contributed by atoms with Crippen molar-refractivity contribution >= 4 is 6.08 Å². The van der Waals surface area contributed by atoms with Gasteiger partial charge in [0, 0.05) is 0 Å². The van der Waals surface area contributed by atoms with Gasteiger partial charge >= 0.3 is 0 Å². The minimum absolute atomic E-state index is 0.431. The molecule has 1 heteroatoms. The molecule has 0 amide bonds. The summed E-state index contributed by atoms with van der Waals surface area (Å²) >= 11 is 0. The topological polar surface area (TPSA) is 20.2 Å². The smallest absolute Gasteiger partial charge is 0.119 e. The Morgan fingerprint density at radius 2 is 1.80 bits per heavy atom. The van der Waals surface area contributed by atoms with Gasteiger partial charge < -0.3 is 5.11 Å². The van der Waals surface area contributed by atoms with E-state index in [0.717, 1.165) is 30.4 Å². The number of hydrogen-bond acceptors (Lipinski definition) is 1.